The molecule has 22 valence electrons. The molecule has 0 bridgehead atoms. The monoisotopic (exact) mass is 310 g/mol. The van der Waals surface area contributed by atoms with Crippen molar-refractivity contribution in [3.63, 3.8) is 0 Å². The average Bonchev–Trinajstić information content (AvgIpc) is 1.00. The Hall–Kier alpha value is 1.98. The first-order valence-corrected chi connectivity index (χ1v) is 1.37. The molecule has 0 rings (SSSR count). The molecule has 0 amide bonds. The van der Waals surface area contributed by atoms with Crippen molar-refractivity contribution in [2.75, 3.05) is 0 Å². The fraction of sp³-hybridized carbons (Fsp3) is 0. The molecule has 0 aromatic rings. The van der Waals surface area contributed by atoms with Crippen molar-refractivity contribution < 1.29 is 19.9 Å². The molecule has 0 aliphatic rings. The molecular formula is CoInOSn. The van der Waals surface area contributed by atoms with Crippen molar-refractivity contribution in [3.8, 4) is 0 Å². The zero-order chi connectivity index (χ0) is 2.00. The molecule has 0 saturated heterocycles. The minimum atomic E-state index is 0. The van der Waals surface area contributed by atoms with Crippen molar-refractivity contribution in [1.29, 1.82) is 0 Å². The van der Waals surface area contributed by atoms with E-state index in [0.717, 1.165) is 0 Å². The van der Waals surface area contributed by atoms with Gasteiger partial charge >= 0.3 is 25.6 Å². The Morgan fingerprint density at radius 3 is 1.25 bits per heavy atom. The molecule has 4 heteroatoms. The predicted octanol–water partition coefficient (Wildman–Crippen LogP) is -0.883. The summed E-state index contributed by atoms with van der Waals surface area (Å²) in [5, 5.41) is 0. The van der Waals surface area contributed by atoms with Crippen LogP contribution in [0.5, 0.6) is 0 Å². The van der Waals surface area contributed by atoms with Gasteiger partial charge in [-0.2, -0.15) is 0 Å². The molecule has 6 radical (unpaired) electrons. The Morgan fingerprint density at radius 2 is 1.25 bits per heavy atom. The maximum absolute atomic E-state index is 8.34. The van der Waals surface area contributed by atoms with Crippen LogP contribution in [-0.4, -0.2) is 48.4 Å². The van der Waals surface area contributed by atoms with E-state index in [1.165, 1.54) is 0 Å². The van der Waals surface area contributed by atoms with E-state index in [9.17, 15) is 0 Å². The second-order valence-corrected chi connectivity index (χ2v) is 0. The van der Waals surface area contributed by atoms with Gasteiger partial charge in [-0.1, -0.05) is 0 Å². The first-order chi connectivity index (χ1) is 1.00. The molecule has 0 aliphatic heterocycles. The SMILES string of the molecule is [Co].[In].[O]=[Sn]. The van der Waals surface area contributed by atoms with Gasteiger partial charge in [-0.15, -0.1) is 0 Å². The number of rotatable bonds is 0. The third-order valence-electron chi connectivity index (χ3n) is 0. The summed E-state index contributed by atoms with van der Waals surface area (Å²) in [5.74, 6) is 0. The summed E-state index contributed by atoms with van der Waals surface area (Å²) < 4.78 is 8.34. The third-order valence-corrected chi connectivity index (χ3v) is 0. The van der Waals surface area contributed by atoms with E-state index in [1.807, 2.05) is 0 Å². The average molecular weight is 308 g/mol. The van der Waals surface area contributed by atoms with E-state index >= 15 is 0 Å². The summed E-state index contributed by atoms with van der Waals surface area (Å²) in [4.78, 5) is 0. The molecule has 4 heavy (non-hydrogen) atoms. The van der Waals surface area contributed by atoms with Crippen LogP contribution in [0.3, 0.4) is 0 Å². The topological polar surface area (TPSA) is 17.1 Å². The summed E-state index contributed by atoms with van der Waals surface area (Å²) in [6.45, 7) is 0. The first-order valence-electron chi connectivity index (χ1n) is 0.204. The zero-order valence-electron chi connectivity index (χ0n) is 1.82. The molecule has 0 spiro atoms. The summed E-state index contributed by atoms with van der Waals surface area (Å²) in [6.07, 6.45) is 0. The van der Waals surface area contributed by atoms with Crippen LogP contribution in [0, 0.1) is 0 Å². The van der Waals surface area contributed by atoms with Crippen LogP contribution < -0.4 is 0 Å². The Morgan fingerprint density at radius 1 is 1.25 bits per heavy atom. The molecule has 0 saturated carbocycles. The van der Waals surface area contributed by atoms with Crippen molar-refractivity contribution in [3.05, 3.63) is 0 Å². The van der Waals surface area contributed by atoms with Crippen LogP contribution in [0.4, 0.5) is 0 Å². The Balaban J connectivity index is -0.00000000500. The van der Waals surface area contributed by atoms with Gasteiger partial charge in [0.1, 0.15) is 0 Å². The summed E-state index contributed by atoms with van der Waals surface area (Å²) in [6, 6.07) is 0. The molecule has 0 heterocycles. The van der Waals surface area contributed by atoms with Crippen LogP contribution in [0.2, 0.25) is 0 Å². The molecular weight excluding hydrogens is 308 g/mol. The van der Waals surface area contributed by atoms with Gasteiger partial charge in [-0.3, -0.25) is 0 Å². The van der Waals surface area contributed by atoms with Crippen LogP contribution in [-0.2, 0) is 19.9 Å². The summed E-state index contributed by atoms with van der Waals surface area (Å²) >= 11 is 0.300. The van der Waals surface area contributed by atoms with Crippen molar-refractivity contribution in [1.82, 2.24) is 0 Å². The maximum atomic E-state index is 8.34. The van der Waals surface area contributed by atoms with Crippen LogP contribution in [0.25, 0.3) is 0 Å². The van der Waals surface area contributed by atoms with Crippen LogP contribution in [0.15, 0.2) is 0 Å². The summed E-state index contributed by atoms with van der Waals surface area (Å²) in [7, 11) is 0. The van der Waals surface area contributed by atoms with Gasteiger partial charge in [0.15, 0.2) is 0 Å². The van der Waals surface area contributed by atoms with E-state index in [1.54, 1.807) is 0 Å². The second kappa shape index (κ2) is 20.2. The third kappa shape index (κ3) is 9.02. The van der Waals surface area contributed by atoms with E-state index in [-0.39, 0.29) is 42.6 Å². The Labute approximate surface area is 67.4 Å². The fourth-order valence-electron chi connectivity index (χ4n) is 0. The molecule has 0 atom stereocenters. The van der Waals surface area contributed by atoms with Crippen LogP contribution >= 0.6 is 0 Å². The predicted molar refractivity (Wildman–Crippen MR) is 12.2 cm³/mol. The first kappa shape index (κ1) is 16.7. The van der Waals surface area contributed by atoms with Gasteiger partial charge in [0.2, 0.25) is 0 Å². The second-order valence-electron chi connectivity index (χ2n) is 0. The number of hydrogen-bond donors (Lipinski definition) is 0. The van der Waals surface area contributed by atoms with Crippen LogP contribution in [0.1, 0.15) is 0 Å². The summed E-state index contributed by atoms with van der Waals surface area (Å²) in [5.41, 5.74) is 0. The Kier molecular flexibility index (Phi) is 84.2. The molecule has 0 aromatic heterocycles. The standard InChI is InChI=1S/Co.In.O.Sn. The van der Waals surface area contributed by atoms with Crippen molar-refractivity contribution in [2.45, 2.75) is 0 Å². The molecule has 0 fully saturated rings. The molecule has 1 nitrogen and oxygen atoms in total. The van der Waals surface area contributed by atoms with E-state index in [0.29, 0.717) is 22.5 Å². The van der Waals surface area contributed by atoms with E-state index in [2.05, 4.69) is 0 Å². The minimum absolute atomic E-state index is 0. The fourth-order valence-corrected chi connectivity index (χ4v) is 0. The number of hydrogen-bond acceptors (Lipinski definition) is 1. The van der Waals surface area contributed by atoms with Gasteiger partial charge in [0.05, 0.1) is 0 Å². The normalized spacial score (nSPS) is 1.00. The van der Waals surface area contributed by atoms with Gasteiger partial charge in [-0.25, -0.2) is 0 Å². The molecule has 0 aliphatic carbocycles. The van der Waals surface area contributed by atoms with Crippen molar-refractivity contribution in [2.24, 2.45) is 0 Å². The van der Waals surface area contributed by atoms with Gasteiger partial charge < -0.3 is 0 Å². The van der Waals surface area contributed by atoms with Gasteiger partial charge in [0.25, 0.3) is 0 Å². The van der Waals surface area contributed by atoms with Gasteiger partial charge in [0, 0.05) is 42.6 Å². The zero-order valence-corrected chi connectivity index (χ0v) is 9.01. The molecule has 0 unspecified atom stereocenters. The molecule has 0 aromatic carbocycles. The van der Waals surface area contributed by atoms with Crippen molar-refractivity contribution >= 4 is 48.4 Å². The Bertz CT molecular complexity index is 8.00. The van der Waals surface area contributed by atoms with Gasteiger partial charge in [-0.05, 0) is 0 Å². The molecule has 0 N–H and O–H groups in total. The van der Waals surface area contributed by atoms with E-state index < -0.39 is 0 Å². The quantitative estimate of drug-likeness (QED) is 0.531. The van der Waals surface area contributed by atoms with E-state index in [4.69, 9.17) is 3.08 Å².